The third-order valence-electron chi connectivity index (χ3n) is 5.32. The lowest BCUT2D eigenvalue weighted by molar-refractivity contribution is -0.139. The van der Waals surface area contributed by atoms with Gasteiger partial charge in [-0.15, -0.1) is 11.3 Å². The first-order chi connectivity index (χ1) is 14.0. The maximum atomic E-state index is 13.7. The highest BCUT2D eigenvalue weighted by atomic mass is 32.1. The number of hydrogen-bond donors (Lipinski definition) is 1. The minimum absolute atomic E-state index is 0.215. The van der Waals surface area contributed by atoms with E-state index < -0.39 is 6.04 Å². The van der Waals surface area contributed by atoms with Crippen molar-refractivity contribution in [2.45, 2.75) is 19.4 Å². The van der Waals surface area contributed by atoms with Crippen molar-refractivity contribution in [2.24, 2.45) is 16.6 Å². The maximum Gasteiger partial charge on any atom is 0.338 e. The van der Waals surface area contributed by atoms with E-state index in [1.165, 1.54) is 23.5 Å². The van der Waals surface area contributed by atoms with Crippen molar-refractivity contribution in [3.05, 3.63) is 57.4 Å². The zero-order valence-corrected chi connectivity index (χ0v) is 17.2. The molecule has 3 heterocycles. The van der Waals surface area contributed by atoms with Gasteiger partial charge in [-0.1, -0.05) is 11.5 Å². The quantitative estimate of drug-likeness (QED) is 0.589. The van der Waals surface area contributed by atoms with Crippen molar-refractivity contribution in [1.82, 2.24) is 9.88 Å². The first-order valence-electron chi connectivity index (χ1n) is 9.65. The lowest BCUT2D eigenvalue weighted by Crippen LogP contribution is -2.36. The van der Waals surface area contributed by atoms with E-state index in [4.69, 9.17) is 15.5 Å². The summed E-state index contributed by atoms with van der Waals surface area (Å²) < 4.78 is 19.1. The van der Waals surface area contributed by atoms with Crippen molar-refractivity contribution in [2.75, 3.05) is 19.7 Å². The van der Waals surface area contributed by atoms with Gasteiger partial charge in [0.1, 0.15) is 19.7 Å². The van der Waals surface area contributed by atoms with Gasteiger partial charge in [-0.25, -0.2) is 14.2 Å². The number of aromatic nitrogens is 1. The Balaban J connectivity index is 1.91. The second-order valence-corrected chi connectivity index (χ2v) is 8.09. The highest BCUT2D eigenvalue weighted by molar-refractivity contribution is 7.11. The van der Waals surface area contributed by atoms with Crippen molar-refractivity contribution >= 4 is 36.5 Å². The molecular weight excluding hydrogens is 390 g/mol. The fourth-order valence-corrected chi connectivity index (χ4v) is 4.61. The largest absolute Gasteiger partial charge is 0.463 e. The molecule has 1 fully saturated rings. The molecule has 2 aliphatic rings. The molecule has 0 spiro atoms. The molecule has 6 nitrogen and oxygen atoms in total. The normalized spacial score (nSPS) is 21.2. The Bertz CT molecular complexity index is 992. The Hall–Kier alpha value is -2.52. The van der Waals surface area contributed by atoms with Crippen LogP contribution in [-0.4, -0.2) is 49.2 Å². The van der Waals surface area contributed by atoms with Crippen molar-refractivity contribution in [1.29, 1.82) is 0 Å². The highest BCUT2D eigenvalue weighted by Crippen LogP contribution is 2.41. The first-order valence-corrected chi connectivity index (χ1v) is 10.5. The van der Waals surface area contributed by atoms with Crippen LogP contribution in [-0.2, 0) is 9.53 Å². The van der Waals surface area contributed by atoms with E-state index in [0.29, 0.717) is 25.1 Å². The summed E-state index contributed by atoms with van der Waals surface area (Å²) in [6.07, 6.45) is 2.41. The molecule has 2 aromatic rings. The Morgan fingerprint density at radius 1 is 1.48 bits per heavy atom. The lowest BCUT2D eigenvalue weighted by Gasteiger charge is -2.32. The van der Waals surface area contributed by atoms with E-state index in [2.05, 4.69) is 9.88 Å². The summed E-state index contributed by atoms with van der Waals surface area (Å²) >= 11 is 1.50. The third-order valence-corrected chi connectivity index (χ3v) is 6.09. The summed E-state index contributed by atoms with van der Waals surface area (Å²) in [5.41, 5.74) is 8.87. The number of rotatable bonds is 5. The van der Waals surface area contributed by atoms with Gasteiger partial charge in [0.2, 0.25) is 0 Å². The summed E-state index contributed by atoms with van der Waals surface area (Å²) in [7, 11) is 1.83. The number of thiazole rings is 1. The van der Waals surface area contributed by atoms with Crippen LogP contribution in [0.1, 0.15) is 30.0 Å². The number of amidine groups is 1. The minimum Gasteiger partial charge on any atom is -0.463 e. The van der Waals surface area contributed by atoms with E-state index in [1.807, 2.05) is 13.2 Å². The molecule has 2 N–H and O–H groups in total. The Kier molecular flexibility index (Phi) is 5.51. The van der Waals surface area contributed by atoms with Gasteiger partial charge in [0.25, 0.3) is 0 Å². The fraction of sp³-hybridized carbons (Fsp3) is 0.350. The number of aliphatic imine (C=N–C) groups is 1. The second kappa shape index (κ2) is 8.08. The number of halogens is 1. The smallest absolute Gasteiger partial charge is 0.338 e. The molecule has 150 valence electrons. The average Bonchev–Trinajstić information content (AvgIpc) is 3.37. The van der Waals surface area contributed by atoms with Gasteiger partial charge < -0.3 is 15.4 Å². The molecule has 0 aliphatic carbocycles. The second-order valence-electron chi connectivity index (χ2n) is 7.19. The van der Waals surface area contributed by atoms with Crippen LogP contribution in [0.5, 0.6) is 0 Å². The molecule has 2 atom stereocenters. The number of allylic oxidation sites excluding steroid dienone is 1. The molecule has 1 aromatic heterocycles. The number of ether oxygens (including phenoxy) is 1. The van der Waals surface area contributed by atoms with E-state index in [1.54, 1.807) is 19.2 Å². The monoisotopic (exact) mass is 412 g/mol. The van der Waals surface area contributed by atoms with Gasteiger partial charge in [0.15, 0.2) is 10.8 Å². The van der Waals surface area contributed by atoms with Gasteiger partial charge >= 0.3 is 5.97 Å². The molecule has 4 rings (SSSR count). The van der Waals surface area contributed by atoms with Crippen molar-refractivity contribution in [3.8, 4) is 0 Å². The molecule has 2 aliphatic heterocycles. The predicted octanol–water partition coefficient (Wildman–Crippen LogP) is 1.14. The van der Waals surface area contributed by atoms with Crippen molar-refractivity contribution in [3.63, 3.8) is 0 Å². The SMILES string of the molecule is Bc1cc(F)ccc1[C@@H]1N=C(c2nccs2)N2CC(CN)CC2=C1C(=O)OCC. The number of fused-ring (bicyclic) bond motifs is 1. The van der Waals surface area contributed by atoms with E-state index in [0.717, 1.165) is 27.6 Å². The van der Waals surface area contributed by atoms with E-state index >= 15 is 0 Å². The van der Waals surface area contributed by atoms with E-state index in [9.17, 15) is 9.18 Å². The van der Waals surface area contributed by atoms with Crippen LogP contribution >= 0.6 is 11.3 Å². The molecule has 0 bridgehead atoms. The van der Waals surface area contributed by atoms with E-state index in [-0.39, 0.29) is 24.3 Å². The summed E-state index contributed by atoms with van der Waals surface area (Å²) in [6, 6.07) is 3.99. The Morgan fingerprint density at radius 3 is 2.97 bits per heavy atom. The summed E-state index contributed by atoms with van der Waals surface area (Å²) in [6.45, 7) is 3.25. The molecule has 9 heteroatoms. The average molecular weight is 412 g/mol. The van der Waals surface area contributed by atoms with Crippen molar-refractivity contribution < 1.29 is 13.9 Å². The van der Waals surface area contributed by atoms with Crippen LogP contribution in [0.15, 0.2) is 46.0 Å². The fourth-order valence-electron chi connectivity index (χ4n) is 3.97. The predicted molar refractivity (Wildman–Crippen MR) is 113 cm³/mol. The molecule has 1 saturated heterocycles. The van der Waals surface area contributed by atoms with Gasteiger partial charge in [0.05, 0.1) is 12.2 Å². The first kappa shape index (κ1) is 19.8. The number of esters is 1. The third kappa shape index (κ3) is 3.60. The van der Waals surface area contributed by atoms with Gasteiger partial charge in [0, 0.05) is 23.8 Å². The lowest BCUT2D eigenvalue weighted by atomic mass is 9.83. The summed E-state index contributed by atoms with van der Waals surface area (Å²) in [5, 5.41) is 2.68. The van der Waals surface area contributed by atoms with Crippen LogP contribution in [0.3, 0.4) is 0 Å². The molecule has 0 saturated carbocycles. The molecule has 29 heavy (non-hydrogen) atoms. The Labute approximate surface area is 173 Å². The number of benzene rings is 1. The number of carbonyl (C=O) groups is 1. The minimum atomic E-state index is -0.573. The molecule has 0 radical (unpaired) electrons. The van der Waals surface area contributed by atoms with Crippen LogP contribution < -0.4 is 11.2 Å². The molecular formula is C20H22BFN4O2S. The zero-order chi connectivity index (χ0) is 20.5. The summed E-state index contributed by atoms with van der Waals surface area (Å²) in [5.74, 6) is 0.239. The topological polar surface area (TPSA) is 80.8 Å². The highest BCUT2D eigenvalue weighted by Gasteiger charge is 2.41. The molecule has 1 unspecified atom stereocenters. The molecule has 1 aromatic carbocycles. The zero-order valence-electron chi connectivity index (χ0n) is 16.4. The standard InChI is InChI=1S/C20H22BFN4O2S/c1-2-28-20(27)16-15-7-11(9-23)10-26(15)18(19-24-5-6-29-19)25-17(16)13-4-3-12(22)8-14(13)21/h3-6,8,11,17H,2,7,9-10,21,23H2,1H3/t11?,17-/m0/s1. The number of nitrogens with two attached hydrogens (primary N) is 1. The van der Waals surface area contributed by atoms with Crippen LogP contribution in [0.25, 0.3) is 0 Å². The number of nitrogens with zero attached hydrogens (tertiary/aromatic N) is 3. The van der Waals surface area contributed by atoms with Crippen LogP contribution in [0.4, 0.5) is 4.39 Å². The molecule has 0 amide bonds. The number of carbonyl (C=O) groups excluding carboxylic acids is 1. The maximum absolute atomic E-state index is 13.7. The van der Waals surface area contributed by atoms with Crippen LogP contribution in [0.2, 0.25) is 0 Å². The van der Waals surface area contributed by atoms with Crippen LogP contribution in [0, 0.1) is 11.7 Å². The van der Waals surface area contributed by atoms with Gasteiger partial charge in [-0.2, -0.15) is 0 Å². The number of hydrogen-bond acceptors (Lipinski definition) is 7. The van der Waals surface area contributed by atoms with Gasteiger partial charge in [-0.3, -0.25) is 4.99 Å². The summed E-state index contributed by atoms with van der Waals surface area (Å²) in [4.78, 5) is 24.4. The Morgan fingerprint density at radius 2 is 2.31 bits per heavy atom. The van der Waals surface area contributed by atoms with Gasteiger partial charge in [-0.05, 0) is 43.5 Å².